The number of carboxylic acid groups (broad SMARTS) is 1. The van der Waals surface area contributed by atoms with E-state index >= 15 is 0 Å². The summed E-state index contributed by atoms with van der Waals surface area (Å²) in [5, 5.41) is 14.6. The maximum absolute atomic E-state index is 11.6. The van der Waals surface area contributed by atoms with Crippen molar-refractivity contribution >= 4 is 11.9 Å². The van der Waals surface area contributed by atoms with Crippen molar-refractivity contribution in [2.45, 2.75) is 33.6 Å². The third-order valence-electron chi connectivity index (χ3n) is 2.68. The first kappa shape index (κ1) is 15.9. The van der Waals surface area contributed by atoms with Crippen LogP contribution in [0, 0.1) is 11.8 Å². The second-order valence-corrected chi connectivity index (χ2v) is 4.38. The molecule has 2 atom stereocenters. The van der Waals surface area contributed by atoms with Gasteiger partial charge in [0.25, 0.3) is 0 Å². The van der Waals surface area contributed by atoms with Gasteiger partial charge in [-0.25, -0.2) is 0 Å². The van der Waals surface area contributed by atoms with E-state index in [0.717, 1.165) is 6.54 Å². The highest BCUT2D eigenvalue weighted by Crippen LogP contribution is 2.04. The Morgan fingerprint density at radius 2 is 1.88 bits per heavy atom. The minimum atomic E-state index is -0.781. The third kappa shape index (κ3) is 7.74. The van der Waals surface area contributed by atoms with Crippen LogP contribution in [-0.4, -0.2) is 36.6 Å². The van der Waals surface area contributed by atoms with Gasteiger partial charge in [0.1, 0.15) is 0 Å². The molecule has 0 aromatic rings. The van der Waals surface area contributed by atoms with E-state index in [2.05, 4.69) is 10.6 Å². The van der Waals surface area contributed by atoms with Crippen molar-refractivity contribution in [1.82, 2.24) is 10.6 Å². The summed E-state index contributed by atoms with van der Waals surface area (Å²) in [5.41, 5.74) is 0. The molecule has 0 aromatic heterocycles. The number of carbonyl (C=O) groups excluding carboxylic acids is 1. The molecular formula is C12H24N2O3. The van der Waals surface area contributed by atoms with Gasteiger partial charge in [0.15, 0.2) is 0 Å². The Hall–Kier alpha value is -1.10. The molecule has 2 unspecified atom stereocenters. The minimum Gasteiger partial charge on any atom is -0.481 e. The van der Waals surface area contributed by atoms with Gasteiger partial charge in [-0.3, -0.25) is 9.59 Å². The molecule has 0 radical (unpaired) electrons. The van der Waals surface area contributed by atoms with E-state index in [-0.39, 0.29) is 17.7 Å². The van der Waals surface area contributed by atoms with Gasteiger partial charge in [-0.2, -0.15) is 0 Å². The number of amides is 1. The maximum atomic E-state index is 11.6. The molecule has 0 aliphatic rings. The summed E-state index contributed by atoms with van der Waals surface area (Å²) in [7, 11) is 0. The van der Waals surface area contributed by atoms with E-state index < -0.39 is 5.97 Å². The highest BCUT2D eigenvalue weighted by atomic mass is 16.4. The zero-order valence-electron chi connectivity index (χ0n) is 11.0. The van der Waals surface area contributed by atoms with Crippen molar-refractivity contribution in [3.8, 4) is 0 Å². The zero-order chi connectivity index (χ0) is 13.3. The van der Waals surface area contributed by atoms with Crippen LogP contribution in [-0.2, 0) is 9.59 Å². The van der Waals surface area contributed by atoms with E-state index in [1.54, 1.807) is 6.92 Å². The summed E-state index contributed by atoms with van der Waals surface area (Å²) in [6.07, 6.45) is 1.30. The monoisotopic (exact) mass is 244 g/mol. The molecule has 17 heavy (non-hydrogen) atoms. The van der Waals surface area contributed by atoms with Crippen LogP contribution in [0.5, 0.6) is 0 Å². The zero-order valence-corrected chi connectivity index (χ0v) is 11.0. The van der Waals surface area contributed by atoms with E-state index in [1.165, 1.54) is 0 Å². The Bertz CT molecular complexity index is 244. The molecule has 5 heteroatoms. The van der Waals surface area contributed by atoms with Crippen LogP contribution in [0.1, 0.15) is 33.6 Å². The van der Waals surface area contributed by atoms with Crippen molar-refractivity contribution in [2.24, 2.45) is 11.8 Å². The van der Waals surface area contributed by atoms with Gasteiger partial charge < -0.3 is 15.7 Å². The first-order valence-corrected chi connectivity index (χ1v) is 6.20. The second-order valence-electron chi connectivity index (χ2n) is 4.38. The molecular weight excluding hydrogens is 220 g/mol. The van der Waals surface area contributed by atoms with Gasteiger partial charge in [-0.15, -0.1) is 0 Å². The molecule has 5 nitrogen and oxygen atoms in total. The lowest BCUT2D eigenvalue weighted by molar-refractivity contribution is -0.141. The van der Waals surface area contributed by atoms with Crippen LogP contribution >= 0.6 is 0 Å². The Morgan fingerprint density at radius 3 is 2.41 bits per heavy atom. The van der Waals surface area contributed by atoms with Crippen molar-refractivity contribution in [3.05, 3.63) is 0 Å². The molecule has 100 valence electrons. The molecule has 0 spiro atoms. The van der Waals surface area contributed by atoms with E-state index in [1.807, 2.05) is 13.8 Å². The molecule has 0 aliphatic carbocycles. The van der Waals surface area contributed by atoms with E-state index in [4.69, 9.17) is 5.11 Å². The first-order valence-electron chi connectivity index (χ1n) is 6.20. The third-order valence-corrected chi connectivity index (χ3v) is 2.68. The highest BCUT2D eigenvalue weighted by Gasteiger charge is 2.13. The van der Waals surface area contributed by atoms with E-state index in [0.29, 0.717) is 25.9 Å². The van der Waals surface area contributed by atoms with Crippen molar-refractivity contribution < 1.29 is 14.7 Å². The molecule has 0 aliphatic heterocycles. The number of carboxylic acids is 1. The van der Waals surface area contributed by atoms with Gasteiger partial charge in [-0.05, 0) is 19.4 Å². The molecule has 0 rings (SSSR count). The Labute approximate surface area is 103 Å². The fraction of sp³-hybridized carbons (Fsp3) is 0.833. The lowest BCUT2D eigenvalue weighted by atomic mass is 10.1. The van der Waals surface area contributed by atoms with Gasteiger partial charge in [0.05, 0.1) is 5.92 Å². The number of carbonyl (C=O) groups is 2. The van der Waals surface area contributed by atoms with Crippen molar-refractivity contribution in [3.63, 3.8) is 0 Å². The molecule has 3 N–H and O–H groups in total. The summed E-state index contributed by atoms with van der Waals surface area (Å²) in [6.45, 7) is 7.63. The Balaban J connectivity index is 3.60. The van der Waals surface area contributed by atoms with Crippen LogP contribution in [0.25, 0.3) is 0 Å². The summed E-state index contributed by atoms with van der Waals surface area (Å²) >= 11 is 0. The first-order chi connectivity index (χ1) is 7.99. The molecule has 0 saturated carbocycles. The van der Waals surface area contributed by atoms with Crippen LogP contribution in [0.4, 0.5) is 0 Å². The fourth-order valence-corrected chi connectivity index (χ4v) is 1.37. The quantitative estimate of drug-likeness (QED) is 0.525. The summed E-state index contributed by atoms with van der Waals surface area (Å²) in [4.78, 5) is 22.1. The lowest BCUT2D eigenvalue weighted by Gasteiger charge is -2.12. The van der Waals surface area contributed by atoms with Gasteiger partial charge in [0.2, 0.25) is 5.91 Å². The number of hydrogen-bond donors (Lipinski definition) is 3. The van der Waals surface area contributed by atoms with Gasteiger partial charge in [0, 0.05) is 19.0 Å². The SMILES string of the molecule is CCNCC(C)C(=O)NCCCC(C)C(=O)O. The number of hydrogen-bond acceptors (Lipinski definition) is 3. The summed E-state index contributed by atoms with van der Waals surface area (Å²) in [6, 6.07) is 0. The number of rotatable bonds is 9. The molecule has 0 saturated heterocycles. The topological polar surface area (TPSA) is 78.4 Å². The molecule has 0 fully saturated rings. The lowest BCUT2D eigenvalue weighted by Crippen LogP contribution is -2.35. The maximum Gasteiger partial charge on any atom is 0.306 e. The van der Waals surface area contributed by atoms with Crippen LogP contribution in [0.3, 0.4) is 0 Å². The van der Waals surface area contributed by atoms with Gasteiger partial charge in [-0.1, -0.05) is 20.8 Å². The normalized spacial score (nSPS) is 14.1. The summed E-state index contributed by atoms with van der Waals surface area (Å²) in [5.74, 6) is -1.15. The average molecular weight is 244 g/mol. The smallest absolute Gasteiger partial charge is 0.306 e. The van der Waals surface area contributed by atoms with Gasteiger partial charge >= 0.3 is 5.97 Å². The second kappa shape index (κ2) is 8.98. The summed E-state index contributed by atoms with van der Waals surface area (Å²) < 4.78 is 0. The van der Waals surface area contributed by atoms with Crippen molar-refractivity contribution in [2.75, 3.05) is 19.6 Å². The predicted molar refractivity (Wildman–Crippen MR) is 66.8 cm³/mol. The number of aliphatic carboxylic acids is 1. The van der Waals surface area contributed by atoms with E-state index in [9.17, 15) is 9.59 Å². The van der Waals surface area contributed by atoms with Crippen LogP contribution < -0.4 is 10.6 Å². The largest absolute Gasteiger partial charge is 0.481 e. The number of nitrogens with one attached hydrogen (secondary N) is 2. The highest BCUT2D eigenvalue weighted by molar-refractivity contribution is 5.78. The average Bonchev–Trinajstić information content (AvgIpc) is 2.30. The Morgan fingerprint density at radius 1 is 1.24 bits per heavy atom. The van der Waals surface area contributed by atoms with Crippen LogP contribution in [0.15, 0.2) is 0 Å². The fourth-order valence-electron chi connectivity index (χ4n) is 1.37. The predicted octanol–water partition coefficient (Wildman–Crippen LogP) is 0.849. The molecule has 0 aromatic carbocycles. The Kier molecular flexibility index (Phi) is 8.40. The molecule has 1 amide bonds. The minimum absolute atomic E-state index is 0.0222. The van der Waals surface area contributed by atoms with Crippen molar-refractivity contribution in [1.29, 1.82) is 0 Å². The molecule has 0 bridgehead atoms. The molecule has 0 heterocycles. The standard InChI is InChI=1S/C12H24N2O3/c1-4-13-8-10(3)11(15)14-7-5-6-9(2)12(16)17/h9-10,13H,4-8H2,1-3H3,(H,14,15)(H,16,17). The van der Waals surface area contributed by atoms with Crippen LogP contribution in [0.2, 0.25) is 0 Å².